The topological polar surface area (TPSA) is 84.4 Å². The second-order valence-electron chi connectivity index (χ2n) is 6.48. The van der Waals surface area contributed by atoms with Crippen LogP contribution in [0.25, 0.3) is 11.0 Å². The van der Waals surface area contributed by atoms with Gasteiger partial charge in [-0.2, -0.15) is 0 Å². The Kier molecular flexibility index (Phi) is 4.04. The third-order valence-corrected chi connectivity index (χ3v) is 3.08. The summed E-state index contributed by atoms with van der Waals surface area (Å²) in [7, 11) is 1.44. The lowest BCUT2D eigenvalue weighted by Crippen LogP contribution is -2.24. The van der Waals surface area contributed by atoms with Crippen LogP contribution >= 0.6 is 0 Å². The zero-order valence-corrected chi connectivity index (χ0v) is 13.8. The van der Waals surface area contributed by atoms with E-state index in [0.29, 0.717) is 11.0 Å². The van der Waals surface area contributed by atoms with E-state index in [0.717, 1.165) is 5.82 Å². The number of carbonyl (C=O) groups is 1. The van der Waals surface area contributed by atoms with Crippen LogP contribution in [-0.4, -0.2) is 33.8 Å². The number of aromatic hydroxyl groups is 1. The van der Waals surface area contributed by atoms with E-state index in [9.17, 15) is 9.90 Å². The summed E-state index contributed by atoms with van der Waals surface area (Å²) >= 11 is 0. The van der Waals surface area contributed by atoms with Crippen LogP contribution < -0.4 is 4.74 Å². The highest BCUT2D eigenvalue weighted by Gasteiger charge is 2.27. The summed E-state index contributed by atoms with van der Waals surface area (Å²) in [6.45, 7) is 9.28. The number of aromatic amines is 1. The van der Waals surface area contributed by atoms with Crippen LogP contribution in [0.2, 0.25) is 0 Å². The van der Waals surface area contributed by atoms with Gasteiger partial charge in [0, 0.05) is 12.0 Å². The number of hydrogen-bond acceptors (Lipinski definition) is 5. The summed E-state index contributed by atoms with van der Waals surface area (Å²) in [5.74, 6) is 0.320. The average Bonchev–Trinajstić information content (AvgIpc) is 2.78. The van der Waals surface area contributed by atoms with Gasteiger partial charge in [-0.1, -0.05) is 13.8 Å². The number of nitrogens with zero attached hydrogens (tertiary/aromatic N) is 1. The number of rotatable bonds is 3. The maximum Gasteiger partial charge on any atom is 0.346 e. The quantitative estimate of drug-likeness (QED) is 0.849. The minimum Gasteiger partial charge on any atom is -0.507 e. The Hall–Kier alpha value is -2.24. The number of phenols is 1. The fraction of sp³-hybridized carbons (Fsp3) is 0.500. The Morgan fingerprint density at radius 3 is 2.50 bits per heavy atom. The smallest absolute Gasteiger partial charge is 0.346 e. The number of esters is 1. The molecule has 22 heavy (non-hydrogen) atoms. The van der Waals surface area contributed by atoms with Gasteiger partial charge >= 0.3 is 5.97 Å². The summed E-state index contributed by atoms with van der Waals surface area (Å²) in [6.07, 6.45) is 0. The molecule has 0 aliphatic rings. The van der Waals surface area contributed by atoms with Gasteiger partial charge in [-0.25, -0.2) is 9.78 Å². The summed E-state index contributed by atoms with van der Waals surface area (Å²) in [4.78, 5) is 19.9. The first kappa shape index (κ1) is 16.1. The lowest BCUT2D eigenvalue weighted by atomic mass is 10.1. The molecular weight excluding hydrogens is 284 g/mol. The maximum atomic E-state index is 12.3. The lowest BCUT2D eigenvalue weighted by Gasteiger charge is -2.20. The molecule has 6 nitrogen and oxygen atoms in total. The fourth-order valence-electron chi connectivity index (χ4n) is 2.13. The number of carbonyl (C=O) groups excluding carboxylic acids is 1. The van der Waals surface area contributed by atoms with Crippen molar-refractivity contribution < 1.29 is 19.4 Å². The second-order valence-corrected chi connectivity index (χ2v) is 6.48. The number of nitrogens with one attached hydrogen (secondary N) is 1. The zero-order chi connectivity index (χ0) is 16.7. The van der Waals surface area contributed by atoms with Crippen molar-refractivity contribution in [2.24, 2.45) is 0 Å². The summed E-state index contributed by atoms with van der Waals surface area (Å²) in [6, 6.07) is 1.47. The average molecular weight is 306 g/mol. The number of H-pyrrole nitrogens is 1. The van der Waals surface area contributed by atoms with Gasteiger partial charge in [0.1, 0.15) is 28.3 Å². The van der Waals surface area contributed by atoms with Gasteiger partial charge in [-0.3, -0.25) is 0 Å². The van der Waals surface area contributed by atoms with E-state index < -0.39 is 11.6 Å². The van der Waals surface area contributed by atoms with E-state index in [4.69, 9.17) is 9.47 Å². The number of imidazole rings is 1. The van der Waals surface area contributed by atoms with E-state index in [1.807, 2.05) is 13.8 Å². The molecule has 1 aromatic heterocycles. The Morgan fingerprint density at radius 2 is 2.00 bits per heavy atom. The van der Waals surface area contributed by atoms with E-state index in [2.05, 4.69) is 9.97 Å². The van der Waals surface area contributed by atoms with Gasteiger partial charge in [0.15, 0.2) is 5.75 Å². The Balaban J connectivity index is 2.63. The second kappa shape index (κ2) is 5.51. The van der Waals surface area contributed by atoms with Gasteiger partial charge in [0.05, 0.1) is 12.6 Å². The monoisotopic (exact) mass is 306 g/mol. The molecule has 0 unspecified atom stereocenters. The summed E-state index contributed by atoms with van der Waals surface area (Å²) in [5.41, 5.74) is 0.444. The predicted octanol–water partition coefficient (Wildman–Crippen LogP) is 3.36. The molecule has 0 saturated heterocycles. The van der Waals surface area contributed by atoms with E-state index in [1.54, 1.807) is 20.8 Å². The third kappa shape index (κ3) is 3.00. The Morgan fingerprint density at radius 1 is 1.36 bits per heavy atom. The third-order valence-electron chi connectivity index (χ3n) is 3.08. The molecule has 1 heterocycles. The van der Waals surface area contributed by atoms with Crippen LogP contribution in [0.15, 0.2) is 6.07 Å². The van der Waals surface area contributed by atoms with Gasteiger partial charge < -0.3 is 19.6 Å². The minimum absolute atomic E-state index is 0.00766. The largest absolute Gasteiger partial charge is 0.507 e. The van der Waals surface area contributed by atoms with Crippen molar-refractivity contribution in [3.8, 4) is 11.5 Å². The van der Waals surface area contributed by atoms with Crippen LogP contribution in [0.1, 0.15) is 56.7 Å². The number of hydrogen-bond donors (Lipinski definition) is 2. The van der Waals surface area contributed by atoms with E-state index in [-0.39, 0.29) is 23.0 Å². The van der Waals surface area contributed by atoms with Crippen LogP contribution in [-0.2, 0) is 4.74 Å². The molecule has 0 radical (unpaired) electrons. The van der Waals surface area contributed by atoms with Gasteiger partial charge in [0.2, 0.25) is 0 Å². The molecule has 2 rings (SSSR count). The molecule has 0 saturated carbocycles. The Labute approximate surface area is 129 Å². The zero-order valence-electron chi connectivity index (χ0n) is 13.8. The molecule has 2 N–H and O–H groups in total. The van der Waals surface area contributed by atoms with E-state index >= 15 is 0 Å². The standard InChI is InChI=1S/C16H22N2O4/c1-8(2)14-17-9-7-10(19)11(13(21-6)12(9)18-14)15(20)22-16(3,4)5/h7-8,19H,1-6H3,(H,17,18). The first-order valence-electron chi connectivity index (χ1n) is 7.17. The number of fused-ring (bicyclic) bond motifs is 1. The van der Waals surface area contributed by atoms with Crippen molar-refractivity contribution in [3.05, 3.63) is 17.5 Å². The molecule has 0 atom stereocenters. The molecule has 120 valence electrons. The molecule has 2 aromatic rings. The minimum atomic E-state index is -0.668. The van der Waals surface area contributed by atoms with Gasteiger partial charge in [0.25, 0.3) is 0 Å². The normalized spacial score (nSPS) is 12.0. The van der Waals surface area contributed by atoms with Crippen LogP contribution in [0.5, 0.6) is 11.5 Å². The number of phenolic OH excluding ortho intramolecular Hbond substituents is 1. The van der Waals surface area contributed by atoms with Crippen molar-refractivity contribution in [2.45, 2.75) is 46.1 Å². The number of benzene rings is 1. The van der Waals surface area contributed by atoms with Crippen molar-refractivity contribution in [1.82, 2.24) is 9.97 Å². The van der Waals surface area contributed by atoms with Crippen LogP contribution in [0.4, 0.5) is 0 Å². The molecule has 0 amide bonds. The lowest BCUT2D eigenvalue weighted by molar-refractivity contribution is 0.00640. The van der Waals surface area contributed by atoms with Crippen molar-refractivity contribution >= 4 is 17.0 Å². The highest BCUT2D eigenvalue weighted by atomic mass is 16.6. The number of ether oxygens (including phenoxy) is 2. The SMILES string of the molecule is COc1c(C(=O)OC(C)(C)C)c(O)cc2[nH]c(C(C)C)nc12. The first-order valence-corrected chi connectivity index (χ1v) is 7.17. The number of methoxy groups -OCH3 is 1. The Bertz CT molecular complexity index is 711. The van der Waals surface area contributed by atoms with Crippen molar-refractivity contribution in [1.29, 1.82) is 0 Å². The molecule has 0 fully saturated rings. The van der Waals surface area contributed by atoms with Crippen molar-refractivity contribution in [3.63, 3.8) is 0 Å². The predicted molar refractivity (Wildman–Crippen MR) is 83.6 cm³/mol. The van der Waals surface area contributed by atoms with Gasteiger partial charge in [-0.15, -0.1) is 0 Å². The van der Waals surface area contributed by atoms with Crippen LogP contribution in [0.3, 0.4) is 0 Å². The molecule has 6 heteroatoms. The highest BCUT2D eigenvalue weighted by molar-refractivity contribution is 6.02. The number of aromatic nitrogens is 2. The molecule has 0 spiro atoms. The first-order chi connectivity index (χ1) is 10.1. The summed E-state index contributed by atoms with van der Waals surface area (Å²) < 4.78 is 10.7. The molecule has 0 aliphatic heterocycles. The highest BCUT2D eigenvalue weighted by Crippen LogP contribution is 2.37. The fourth-order valence-corrected chi connectivity index (χ4v) is 2.13. The van der Waals surface area contributed by atoms with Crippen molar-refractivity contribution in [2.75, 3.05) is 7.11 Å². The maximum absolute atomic E-state index is 12.3. The van der Waals surface area contributed by atoms with E-state index in [1.165, 1.54) is 13.2 Å². The summed E-state index contributed by atoms with van der Waals surface area (Å²) in [5, 5.41) is 10.2. The van der Waals surface area contributed by atoms with Crippen LogP contribution in [0, 0.1) is 0 Å². The van der Waals surface area contributed by atoms with Gasteiger partial charge in [-0.05, 0) is 20.8 Å². The molecule has 0 bridgehead atoms. The molecule has 1 aromatic carbocycles. The molecule has 0 aliphatic carbocycles. The molecular formula is C16H22N2O4.